The molecule has 3 rings (SSSR count). The molecule has 5 nitrogen and oxygen atoms in total. The van der Waals surface area contributed by atoms with Gasteiger partial charge in [-0.2, -0.15) is 0 Å². The Hall–Kier alpha value is -1.24. The summed E-state index contributed by atoms with van der Waals surface area (Å²) in [5.74, 6) is 1.02. The Kier molecular flexibility index (Phi) is 4.37. The van der Waals surface area contributed by atoms with E-state index in [2.05, 4.69) is 31.0 Å². The van der Waals surface area contributed by atoms with Crippen LogP contribution in [0.3, 0.4) is 0 Å². The van der Waals surface area contributed by atoms with Gasteiger partial charge in [0.05, 0.1) is 11.6 Å². The zero-order chi connectivity index (χ0) is 14.8. The van der Waals surface area contributed by atoms with Crippen LogP contribution in [-0.4, -0.2) is 38.5 Å². The average molecular weight is 370 g/mol. The summed E-state index contributed by atoms with van der Waals surface area (Å²) in [6.45, 7) is 3.22. The first-order valence-electron chi connectivity index (χ1n) is 6.71. The summed E-state index contributed by atoms with van der Waals surface area (Å²) < 4.78 is 2.92. The van der Waals surface area contributed by atoms with Crippen molar-refractivity contribution < 1.29 is 4.79 Å². The molecular formula is C14H14BrClN4O. The molecule has 1 aliphatic rings. The number of aromatic nitrogens is 3. The Balaban J connectivity index is 1.59. The van der Waals surface area contributed by atoms with Gasteiger partial charge in [0.1, 0.15) is 12.2 Å². The molecule has 0 bridgehead atoms. The highest BCUT2D eigenvalue weighted by Gasteiger charge is 2.19. The fraction of sp³-hybridized carbons (Fsp3) is 0.357. The molecule has 1 aliphatic heterocycles. The van der Waals surface area contributed by atoms with Gasteiger partial charge in [0.15, 0.2) is 5.78 Å². The predicted octanol–water partition coefficient (Wildman–Crippen LogP) is 2.78. The Morgan fingerprint density at radius 2 is 2.24 bits per heavy atom. The molecule has 1 aromatic carbocycles. The van der Waals surface area contributed by atoms with Crippen LogP contribution in [0.1, 0.15) is 22.6 Å². The summed E-state index contributed by atoms with van der Waals surface area (Å²) in [4.78, 5) is 14.5. The van der Waals surface area contributed by atoms with Crippen LogP contribution in [-0.2, 0) is 13.1 Å². The van der Waals surface area contributed by atoms with Crippen molar-refractivity contribution in [2.24, 2.45) is 0 Å². The van der Waals surface area contributed by atoms with E-state index in [1.54, 1.807) is 18.5 Å². The summed E-state index contributed by atoms with van der Waals surface area (Å²) in [7, 11) is 0. The van der Waals surface area contributed by atoms with Crippen molar-refractivity contribution in [3.63, 3.8) is 0 Å². The third-order valence-electron chi connectivity index (χ3n) is 3.60. The Morgan fingerprint density at radius 1 is 1.38 bits per heavy atom. The molecule has 110 valence electrons. The first-order valence-corrected chi connectivity index (χ1v) is 7.88. The van der Waals surface area contributed by atoms with Gasteiger partial charge in [-0.3, -0.25) is 9.69 Å². The highest BCUT2D eigenvalue weighted by atomic mass is 79.9. The molecule has 0 saturated carbocycles. The lowest BCUT2D eigenvalue weighted by Gasteiger charge is -2.26. The number of carbonyl (C=O) groups excluding carboxylic acids is 1. The van der Waals surface area contributed by atoms with Crippen molar-refractivity contribution in [1.82, 2.24) is 19.7 Å². The van der Waals surface area contributed by atoms with Crippen LogP contribution in [0.5, 0.6) is 0 Å². The molecule has 0 N–H and O–H groups in total. The van der Waals surface area contributed by atoms with Crippen LogP contribution in [0, 0.1) is 0 Å². The maximum atomic E-state index is 12.3. The molecule has 0 fully saturated rings. The van der Waals surface area contributed by atoms with Crippen LogP contribution in [0.15, 0.2) is 29.0 Å². The Bertz CT molecular complexity index is 673. The fourth-order valence-electron chi connectivity index (χ4n) is 2.42. The van der Waals surface area contributed by atoms with Crippen LogP contribution in [0.4, 0.5) is 0 Å². The quantitative estimate of drug-likeness (QED) is 0.778. The van der Waals surface area contributed by atoms with Crippen LogP contribution < -0.4 is 0 Å². The molecule has 21 heavy (non-hydrogen) atoms. The number of fused-ring (bicyclic) bond motifs is 1. The van der Waals surface area contributed by atoms with E-state index in [4.69, 9.17) is 11.6 Å². The summed E-state index contributed by atoms with van der Waals surface area (Å²) in [6.07, 6.45) is 2.20. The van der Waals surface area contributed by atoms with Gasteiger partial charge in [-0.15, -0.1) is 10.2 Å². The number of ketones is 1. The normalized spacial score (nSPS) is 15.0. The monoisotopic (exact) mass is 368 g/mol. The van der Waals surface area contributed by atoms with E-state index in [0.29, 0.717) is 23.6 Å². The maximum Gasteiger partial charge on any atom is 0.165 e. The number of nitrogens with zero attached hydrogens (tertiary/aromatic N) is 4. The molecule has 0 unspecified atom stereocenters. The minimum Gasteiger partial charge on any atom is -0.315 e. The molecule has 2 aromatic rings. The molecule has 0 spiro atoms. The van der Waals surface area contributed by atoms with Gasteiger partial charge in [0, 0.05) is 36.1 Å². The molecule has 7 heteroatoms. The molecular weight excluding hydrogens is 356 g/mol. The van der Waals surface area contributed by atoms with Crippen LogP contribution >= 0.6 is 27.5 Å². The first-order chi connectivity index (χ1) is 10.1. The minimum absolute atomic E-state index is 0.0690. The van der Waals surface area contributed by atoms with E-state index in [-0.39, 0.29) is 5.78 Å². The topological polar surface area (TPSA) is 51.0 Å². The second-order valence-corrected chi connectivity index (χ2v) is 6.34. The number of rotatable bonds is 4. The lowest BCUT2D eigenvalue weighted by Crippen LogP contribution is -2.35. The number of carbonyl (C=O) groups is 1. The molecule has 2 heterocycles. The van der Waals surface area contributed by atoms with Gasteiger partial charge in [-0.1, -0.05) is 27.5 Å². The van der Waals surface area contributed by atoms with Crippen LogP contribution in [0.25, 0.3) is 0 Å². The van der Waals surface area contributed by atoms with Crippen molar-refractivity contribution in [2.45, 2.75) is 19.5 Å². The maximum absolute atomic E-state index is 12.3. The predicted molar refractivity (Wildman–Crippen MR) is 83.4 cm³/mol. The van der Waals surface area contributed by atoms with Crippen molar-refractivity contribution in [1.29, 1.82) is 0 Å². The van der Waals surface area contributed by atoms with Crippen molar-refractivity contribution in [3.8, 4) is 0 Å². The van der Waals surface area contributed by atoms with E-state index < -0.39 is 0 Å². The Morgan fingerprint density at radius 3 is 3.05 bits per heavy atom. The second-order valence-electron chi connectivity index (χ2n) is 5.01. The van der Waals surface area contributed by atoms with Gasteiger partial charge in [-0.05, 0) is 18.2 Å². The number of Topliss-reactive ketones (excluding diaryl/α,β-unsaturated/α-hetero) is 1. The third kappa shape index (κ3) is 3.33. The summed E-state index contributed by atoms with van der Waals surface area (Å²) in [6, 6.07) is 5.35. The lowest BCUT2D eigenvalue weighted by atomic mass is 10.1. The summed E-state index contributed by atoms with van der Waals surface area (Å²) in [5, 5.41) is 8.47. The average Bonchev–Trinajstić information content (AvgIpc) is 2.92. The highest BCUT2D eigenvalue weighted by Crippen LogP contribution is 2.22. The van der Waals surface area contributed by atoms with E-state index in [0.717, 1.165) is 29.9 Å². The summed E-state index contributed by atoms with van der Waals surface area (Å²) in [5.41, 5.74) is 0.583. The zero-order valence-corrected chi connectivity index (χ0v) is 13.6. The SMILES string of the molecule is O=C(CCN1CCn2cnnc2C1)c1ccc(Br)cc1Cl. The standard InChI is InChI=1S/C14H14BrClN4O/c15-10-1-2-11(12(16)7-10)13(21)3-4-19-5-6-20-9-17-18-14(20)8-19/h1-2,7,9H,3-6,8H2. The smallest absolute Gasteiger partial charge is 0.165 e. The van der Waals surface area contributed by atoms with E-state index in [1.807, 2.05) is 10.6 Å². The van der Waals surface area contributed by atoms with Gasteiger partial charge in [-0.25, -0.2) is 0 Å². The van der Waals surface area contributed by atoms with Crippen LogP contribution in [0.2, 0.25) is 5.02 Å². The van der Waals surface area contributed by atoms with E-state index >= 15 is 0 Å². The molecule has 0 amide bonds. The molecule has 1 aromatic heterocycles. The number of hydrogen-bond donors (Lipinski definition) is 0. The van der Waals surface area contributed by atoms with Gasteiger partial charge >= 0.3 is 0 Å². The van der Waals surface area contributed by atoms with Crippen molar-refractivity contribution in [2.75, 3.05) is 13.1 Å². The zero-order valence-electron chi connectivity index (χ0n) is 11.3. The largest absolute Gasteiger partial charge is 0.315 e. The Labute approximate surface area is 136 Å². The lowest BCUT2D eigenvalue weighted by molar-refractivity contribution is 0.0955. The molecule has 0 atom stereocenters. The molecule has 0 aliphatic carbocycles. The van der Waals surface area contributed by atoms with E-state index in [1.165, 1.54) is 0 Å². The number of benzene rings is 1. The fourth-order valence-corrected chi connectivity index (χ4v) is 3.20. The van der Waals surface area contributed by atoms with E-state index in [9.17, 15) is 4.79 Å². The number of halogens is 2. The van der Waals surface area contributed by atoms with Gasteiger partial charge in [0.2, 0.25) is 0 Å². The second kappa shape index (κ2) is 6.25. The highest BCUT2D eigenvalue weighted by molar-refractivity contribution is 9.10. The van der Waals surface area contributed by atoms with Crippen molar-refractivity contribution in [3.05, 3.63) is 45.4 Å². The van der Waals surface area contributed by atoms with Crippen molar-refractivity contribution >= 4 is 33.3 Å². The first kappa shape index (κ1) is 14.7. The minimum atomic E-state index is 0.0690. The van der Waals surface area contributed by atoms with Gasteiger partial charge in [0.25, 0.3) is 0 Å². The number of hydrogen-bond acceptors (Lipinski definition) is 4. The third-order valence-corrected chi connectivity index (χ3v) is 4.41. The summed E-state index contributed by atoms with van der Waals surface area (Å²) >= 11 is 9.45. The molecule has 0 radical (unpaired) electrons. The van der Waals surface area contributed by atoms with Gasteiger partial charge < -0.3 is 4.57 Å². The molecule has 0 saturated heterocycles.